The quantitative estimate of drug-likeness (QED) is 0.536. The summed E-state index contributed by atoms with van der Waals surface area (Å²) < 4.78 is 0. The van der Waals surface area contributed by atoms with Crippen LogP contribution in [0.5, 0.6) is 0 Å². The summed E-state index contributed by atoms with van der Waals surface area (Å²) in [6.07, 6.45) is 17.0. The Morgan fingerprint density at radius 3 is 1.44 bits per heavy atom. The maximum Gasteiger partial charge on any atom is -0.0207 e. The standard InChI is InChI=1S/C17H33P/c1-17(2,3)14-18(15-10-6-4-7-11-15)16-12-8-5-9-13-16/h15-16H,4-14H2,1-3H3. The normalized spacial score (nSPS) is 24.7. The largest absolute Gasteiger partial charge is 0.0998 e. The van der Waals surface area contributed by atoms with Crippen LogP contribution < -0.4 is 0 Å². The van der Waals surface area contributed by atoms with Gasteiger partial charge in [0.25, 0.3) is 0 Å². The van der Waals surface area contributed by atoms with Crippen LogP contribution in [0.15, 0.2) is 0 Å². The zero-order valence-electron chi connectivity index (χ0n) is 12.9. The molecule has 0 aromatic heterocycles. The minimum Gasteiger partial charge on any atom is -0.0998 e. The van der Waals surface area contributed by atoms with Crippen molar-refractivity contribution >= 4 is 7.92 Å². The van der Waals surface area contributed by atoms with Crippen LogP contribution in [0, 0.1) is 5.41 Å². The van der Waals surface area contributed by atoms with Crippen molar-refractivity contribution in [2.24, 2.45) is 5.41 Å². The number of hydrogen-bond acceptors (Lipinski definition) is 0. The zero-order chi connectivity index (χ0) is 13.0. The molecule has 0 nitrogen and oxygen atoms in total. The molecule has 106 valence electrons. The van der Waals surface area contributed by atoms with E-state index in [0.29, 0.717) is 13.3 Å². The minimum atomic E-state index is 0.315. The van der Waals surface area contributed by atoms with Crippen LogP contribution in [0.1, 0.15) is 85.0 Å². The van der Waals surface area contributed by atoms with Gasteiger partial charge in [0, 0.05) is 0 Å². The topological polar surface area (TPSA) is 0 Å². The van der Waals surface area contributed by atoms with Gasteiger partial charge in [0.05, 0.1) is 0 Å². The van der Waals surface area contributed by atoms with E-state index in [2.05, 4.69) is 20.8 Å². The molecule has 0 N–H and O–H groups in total. The van der Waals surface area contributed by atoms with Crippen LogP contribution in [-0.4, -0.2) is 17.5 Å². The lowest BCUT2D eigenvalue weighted by Crippen LogP contribution is -2.26. The molecule has 0 aromatic rings. The van der Waals surface area contributed by atoms with Crippen LogP contribution >= 0.6 is 7.92 Å². The first-order valence-electron chi connectivity index (χ1n) is 8.32. The Morgan fingerprint density at radius 1 is 0.722 bits per heavy atom. The van der Waals surface area contributed by atoms with Crippen LogP contribution in [0.25, 0.3) is 0 Å². The molecule has 2 aliphatic carbocycles. The van der Waals surface area contributed by atoms with Gasteiger partial charge in [-0.1, -0.05) is 67.2 Å². The fourth-order valence-corrected chi connectivity index (χ4v) is 8.19. The molecular formula is C17H33P. The number of rotatable bonds is 3. The first kappa shape index (κ1) is 14.8. The van der Waals surface area contributed by atoms with Crippen molar-refractivity contribution in [3.05, 3.63) is 0 Å². The van der Waals surface area contributed by atoms with Gasteiger partial charge in [0.2, 0.25) is 0 Å². The summed E-state index contributed by atoms with van der Waals surface area (Å²) in [5, 5.41) is 0. The van der Waals surface area contributed by atoms with Gasteiger partial charge >= 0.3 is 0 Å². The Morgan fingerprint density at radius 2 is 1.11 bits per heavy atom. The molecule has 2 saturated carbocycles. The van der Waals surface area contributed by atoms with E-state index in [4.69, 9.17) is 0 Å². The second-order valence-electron chi connectivity index (χ2n) is 7.82. The van der Waals surface area contributed by atoms with Crippen LogP contribution in [0.4, 0.5) is 0 Å². The Kier molecular flexibility index (Phi) is 5.55. The molecule has 2 rings (SSSR count). The van der Waals surface area contributed by atoms with Gasteiger partial charge in [0.1, 0.15) is 0 Å². The molecular weight excluding hydrogens is 235 g/mol. The van der Waals surface area contributed by atoms with Crippen LogP contribution in [0.2, 0.25) is 0 Å². The molecule has 0 aromatic carbocycles. The highest BCUT2D eigenvalue weighted by molar-refractivity contribution is 7.59. The molecule has 0 atom stereocenters. The third-order valence-electron chi connectivity index (χ3n) is 4.74. The molecule has 0 amide bonds. The fourth-order valence-electron chi connectivity index (χ4n) is 3.93. The predicted octanol–water partition coefficient (Wildman–Crippen LogP) is 6.18. The van der Waals surface area contributed by atoms with Crippen molar-refractivity contribution in [2.45, 2.75) is 96.3 Å². The Balaban J connectivity index is 2.00. The second-order valence-corrected chi connectivity index (χ2v) is 10.6. The summed E-state index contributed by atoms with van der Waals surface area (Å²) in [6.45, 7) is 7.40. The third kappa shape index (κ3) is 4.52. The Labute approximate surface area is 116 Å². The molecule has 2 fully saturated rings. The van der Waals surface area contributed by atoms with Crippen molar-refractivity contribution < 1.29 is 0 Å². The van der Waals surface area contributed by atoms with E-state index in [1.54, 1.807) is 25.7 Å². The summed E-state index contributed by atoms with van der Waals surface area (Å²) in [6, 6.07) is 0. The number of hydrogen-bond donors (Lipinski definition) is 0. The predicted molar refractivity (Wildman–Crippen MR) is 85.0 cm³/mol. The van der Waals surface area contributed by atoms with Gasteiger partial charge in [-0.2, -0.15) is 0 Å². The summed E-state index contributed by atoms with van der Waals surface area (Å²) >= 11 is 0. The monoisotopic (exact) mass is 268 g/mol. The summed E-state index contributed by atoms with van der Waals surface area (Å²) in [4.78, 5) is 0. The van der Waals surface area contributed by atoms with Gasteiger partial charge in [0.15, 0.2) is 0 Å². The van der Waals surface area contributed by atoms with Crippen LogP contribution in [0.3, 0.4) is 0 Å². The average Bonchev–Trinajstić information content (AvgIpc) is 2.37. The third-order valence-corrected chi connectivity index (χ3v) is 8.97. The van der Waals surface area contributed by atoms with E-state index in [9.17, 15) is 0 Å². The maximum atomic E-state index is 2.47. The summed E-state index contributed by atoms with van der Waals surface area (Å²) in [5.41, 5.74) is 2.83. The zero-order valence-corrected chi connectivity index (χ0v) is 13.8. The van der Waals surface area contributed by atoms with Crippen molar-refractivity contribution in [3.8, 4) is 0 Å². The molecule has 2 aliphatic rings. The lowest BCUT2D eigenvalue weighted by molar-refractivity contribution is 0.450. The van der Waals surface area contributed by atoms with Gasteiger partial charge in [-0.3, -0.25) is 0 Å². The van der Waals surface area contributed by atoms with E-state index in [-0.39, 0.29) is 0 Å². The minimum absolute atomic E-state index is 0.315. The highest BCUT2D eigenvalue weighted by Crippen LogP contribution is 2.57. The van der Waals surface area contributed by atoms with E-state index in [0.717, 1.165) is 11.3 Å². The Hall–Kier alpha value is 0.430. The van der Waals surface area contributed by atoms with Crippen molar-refractivity contribution in [1.82, 2.24) is 0 Å². The smallest absolute Gasteiger partial charge is 0.0207 e. The molecule has 0 bridgehead atoms. The van der Waals surface area contributed by atoms with Crippen molar-refractivity contribution in [2.75, 3.05) is 6.16 Å². The Bertz CT molecular complexity index is 210. The molecule has 1 heteroatoms. The fraction of sp³-hybridized carbons (Fsp3) is 1.00. The van der Waals surface area contributed by atoms with Crippen LogP contribution in [-0.2, 0) is 0 Å². The molecule has 0 saturated heterocycles. The van der Waals surface area contributed by atoms with Gasteiger partial charge in [-0.05, 0) is 48.6 Å². The molecule has 18 heavy (non-hydrogen) atoms. The molecule has 0 aliphatic heterocycles. The summed E-state index contributed by atoms with van der Waals surface area (Å²) in [5.74, 6) is 0. The highest BCUT2D eigenvalue weighted by Gasteiger charge is 2.33. The SMILES string of the molecule is CC(C)(C)CP(C1CCCCC1)C1CCCCC1. The van der Waals surface area contributed by atoms with Gasteiger partial charge < -0.3 is 0 Å². The summed E-state index contributed by atoms with van der Waals surface area (Å²) in [7, 11) is 0.315. The van der Waals surface area contributed by atoms with E-state index in [1.165, 1.54) is 44.7 Å². The molecule has 0 unspecified atom stereocenters. The highest BCUT2D eigenvalue weighted by atomic mass is 31.1. The molecule has 0 radical (unpaired) electrons. The molecule has 0 spiro atoms. The van der Waals surface area contributed by atoms with Crippen molar-refractivity contribution in [1.29, 1.82) is 0 Å². The van der Waals surface area contributed by atoms with E-state index in [1.807, 2.05) is 0 Å². The second kappa shape index (κ2) is 6.74. The van der Waals surface area contributed by atoms with E-state index < -0.39 is 0 Å². The van der Waals surface area contributed by atoms with Gasteiger partial charge in [-0.15, -0.1) is 0 Å². The van der Waals surface area contributed by atoms with E-state index >= 15 is 0 Å². The average molecular weight is 268 g/mol. The first-order valence-corrected chi connectivity index (χ1v) is 9.98. The lowest BCUT2D eigenvalue weighted by atomic mass is 9.99. The lowest BCUT2D eigenvalue weighted by Gasteiger charge is -2.41. The molecule has 0 heterocycles. The van der Waals surface area contributed by atoms with Gasteiger partial charge in [-0.25, -0.2) is 0 Å². The first-order chi connectivity index (χ1) is 8.56. The van der Waals surface area contributed by atoms with Crippen molar-refractivity contribution in [3.63, 3.8) is 0 Å². The maximum absolute atomic E-state index is 2.47.